The van der Waals surface area contributed by atoms with Crippen molar-refractivity contribution < 1.29 is 18.0 Å². The minimum Gasteiger partial charge on any atom is -0.298 e. The summed E-state index contributed by atoms with van der Waals surface area (Å²) in [5.74, 6) is -1.50. The van der Waals surface area contributed by atoms with E-state index in [1.807, 2.05) is 30.3 Å². The zero-order valence-corrected chi connectivity index (χ0v) is 13.6. The molecule has 3 rings (SSSR count). The van der Waals surface area contributed by atoms with E-state index in [0.29, 0.717) is 12.1 Å². The molecule has 7 heteroatoms. The number of hydrogen-bond acceptors (Lipinski definition) is 5. The molecule has 2 aliphatic rings. The molecule has 0 radical (unpaired) electrons. The minimum atomic E-state index is -3.11. The van der Waals surface area contributed by atoms with Crippen molar-refractivity contribution in [1.82, 2.24) is 5.01 Å². The van der Waals surface area contributed by atoms with E-state index in [0.717, 1.165) is 5.56 Å². The number of Topliss-reactive ketones (excluding diaryl/α,β-unsaturated/α-hetero) is 1. The monoisotopic (exact) mass is 334 g/mol. The fourth-order valence-electron chi connectivity index (χ4n) is 3.09. The van der Waals surface area contributed by atoms with Crippen molar-refractivity contribution in [2.24, 2.45) is 11.0 Å². The summed E-state index contributed by atoms with van der Waals surface area (Å²) in [6, 6.07) is 8.78. The molecule has 0 saturated carbocycles. The Balaban J connectivity index is 1.74. The van der Waals surface area contributed by atoms with Gasteiger partial charge in [-0.15, -0.1) is 0 Å². The topological polar surface area (TPSA) is 83.9 Å². The summed E-state index contributed by atoms with van der Waals surface area (Å²) >= 11 is 0. The molecule has 0 N–H and O–H groups in total. The molecule has 2 aliphatic heterocycles. The largest absolute Gasteiger partial charge is 0.298 e. The fraction of sp³-hybridized carbons (Fsp3) is 0.438. The Labute approximate surface area is 135 Å². The van der Waals surface area contributed by atoms with E-state index in [2.05, 4.69) is 5.10 Å². The second-order valence-corrected chi connectivity index (χ2v) is 8.27. The highest BCUT2D eigenvalue weighted by atomic mass is 32.2. The second kappa shape index (κ2) is 5.88. The Kier molecular flexibility index (Phi) is 4.06. The first-order chi connectivity index (χ1) is 10.9. The Morgan fingerprint density at radius 1 is 1.30 bits per heavy atom. The molecule has 0 aliphatic carbocycles. The molecule has 0 bridgehead atoms. The molecule has 2 atom stereocenters. The quantitative estimate of drug-likeness (QED) is 0.763. The summed E-state index contributed by atoms with van der Waals surface area (Å²) < 4.78 is 23.2. The molecular formula is C16H18N2O4S. The van der Waals surface area contributed by atoms with E-state index in [1.165, 1.54) is 5.01 Å². The van der Waals surface area contributed by atoms with Crippen LogP contribution in [0.3, 0.4) is 0 Å². The summed E-state index contributed by atoms with van der Waals surface area (Å²) in [7, 11) is -3.11. The van der Waals surface area contributed by atoms with Crippen LogP contribution >= 0.6 is 0 Å². The van der Waals surface area contributed by atoms with Crippen LogP contribution in [0.5, 0.6) is 0 Å². The zero-order valence-electron chi connectivity index (χ0n) is 12.8. The molecule has 0 aromatic heterocycles. The average Bonchev–Trinajstić information content (AvgIpc) is 2.99. The maximum atomic E-state index is 12.5. The van der Waals surface area contributed by atoms with E-state index >= 15 is 0 Å². The second-order valence-electron chi connectivity index (χ2n) is 6.04. The molecule has 1 saturated heterocycles. The van der Waals surface area contributed by atoms with Crippen LogP contribution in [-0.2, 0) is 25.8 Å². The molecule has 1 aromatic carbocycles. The lowest BCUT2D eigenvalue weighted by atomic mass is 9.94. The van der Waals surface area contributed by atoms with E-state index in [-0.39, 0.29) is 23.7 Å². The molecule has 122 valence electrons. The maximum absolute atomic E-state index is 12.5. The Morgan fingerprint density at radius 2 is 2.00 bits per heavy atom. The van der Waals surface area contributed by atoms with Crippen molar-refractivity contribution in [3.63, 3.8) is 0 Å². The van der Waals surface area contributed by atoms with Crippen molar-refractivity contribution in [1.29, 1.82) is 0 Å². The number of ketones is 1. The average molecular weight is 334 g/mol. The van der Waals surface area contributed by atoms with Gasteiger partial charge in [-0.2, -0.15) is 5.10 Å². The van der Waals surface area contributed by atoms with Crippen LogP contribution in [0.25, 0.3) is 0 Å². The lowest BCUT2D eigenvalue weighted by Crippen LogP contribution is -2.39. The van der Waals surface area contributed by atoms with E-state index in [4.69, 9.17) is 0 Å². The third-order valence-corrected chi connectivity index (χ3v) is 6.00. The molecule has 1 amide bonds. The fourth-order valence-corrected chi connectivity index (χ4v) is 4.78. The first-order valence-corrected chi connectivity index (χ1v) is 9.35. The van der Waals surface area contributed by atoms with Gasteiger partial charge >= 0.3 is 0 Å². The lowest BCUT2D eigenvalue weighted by molar-refractivity contribution is -0.137. The number of hydrazone groups is 1. The summed E-state index contributed by atoms with van der Waals surface area (Å²) in [5.41, 5.74) is 1.29. The number of nitrogens with zero attached hydrogens (tertiary/aromatic N) is 2. The van der Waals surface area contributed by atoms with Gasteiger partial charge in [0.05, 0.1) is 23.3 Å². The molecule has 1 fully saturated rings. The molecule has 2 unspecified atom stereocenters. The van der Waals surface area contributed by atoms with Gasteiger partial charge in [-0.05, 0) is 18.9 Å². The van der Waals surface area contributed by atoms with Crippen LogP contribution in [0.1, 0.15) is 18.9 Å². The number of amides is 1. The highest BCUT2D eigenvalue weighted by Gasteiger charge is 2.44. The smallest absolute Gasteiger partial charge is 0.259 e. The normalized spacial score (nSPS) is 26.4. The van der Waals surface area contributed by atoms with Crippen LogP contribution in [-0.4, -0.2) is 48.4 Å². The van der Waals surface area contributed by atoms with Crippen molar-refractivity contribution in [3.05, 3.63) is 35.9 Å². The van der Waals surface area contributed by atoms with Gasteiger partial charge in [0, 0.05) is 6.42 Å². The van der Waals surface area contributed by atoms with Crippen LogP contribution in [0.15, 0.2) is 35.4 Å². The summed E-state index contributed by atoms with van der Waals surface area (Å²) in [6.07, 6.45) is 0.547. The molecule has 6 nitrogen and oxygen atoms in total. The van der Waals surface area contributed by atoms with Crippen molar-refractivity contribution in [3.8, 4) is 0 Å². The first-order valence-electron chi connectivity index (χ1n) is 7.52. The summed E-state index contributed by atoms with van der Waals surface area (Å²) in [5, 5.41) is 5.39. The first kappa shape index (κ1) is 15.9. The zero-order chi connectivity index (χ0) is 16.6. The third-order valence-electron chi connectivity index (χ3n) is 4.25. The highest BCUT2D eigenvalue weighted by Crippen LogP contribution is 2.26. The maximum Gasteiger partial charge on any atom is 0.259 e. The number of rotatable bonds is 4. The Morgan fingerprint density at radius 3 is 2.61 bits per heavy atom. The van der Waals surface area contributed by atoms with Gasteiger partial charge in [-0.25, -0.2) is 13.4 Å². The molecule has 1 aromatic rings. The number of benzene rings is 1. The predicted octanol–water partition coefficient (Wildman–Crippen LogP) is 0.820. The molecule has 2 heterocycles. The van der Waals surface area contributed by atoms with Crippen LogP contribution < -0.4 is 0 Å². The summed E-state index contributed by atoms with van der Waals surface area (Å²) in [6.45, 7) is 1.65. The van der Waals surface area contributed by atoms with Crippen molar-refractivity contribution in [2.75, 3.05) is 11.5 Å². The molecular weight excluding hydrogens is 316 g/mol. The number of carbonyl (C=O) groups is 2. The summed E-state index contributed by atoms with van der Waals surface area (Å²) in [4.78, 5) is 25.0. The Bertz CT molecular complexity index is 771. The van der Waals surface area contributed by atoms with Crippen LogP contribution in [0.2, 0.25) is 0 Å². The van der Waals surface area contributed by atoms with Crippen molar-refractivity contribution in [2.45, 2.75) is 25.8 Å². The van der Waals surface area contributed by atoms with Gasteiger partial charge in [0.15, 0.2) is 15.6 Å². The SMILES string of the molecule is CC1=NN(C2CCS(=O)(=O)C2)C(=O)C1C(=O)Cc1ccccc1. The number of hydrogen-bond donors (Lipinski definition) is 0. The molecule has 23 heavy (non-hydrogen) atoms. The van der Waals surface area contributed by atoms with Gasteiger partial charge in [0.1, 0.15) is 5.92 Å². The van der Waals surface area contributed by atoms with Gasteiger partial charge in [0.25, 0.3) is 5.91 Å². The standard InChI is InChI=1S/C16H18N2O4S/c1-11-15(14(19)9-12-5-3-2-4-6-12)16(20)18(17-11)13-7-8-23(21,22)10-13/h2-6,13,15H,7-10H2,1H3. The number of carbonyl (C=O) groups excluding carboxylic acids is 2. The lowest BCUT2D eigenvalue weighted by Gasteiger charge is -2.19. The molecule has 0 spiro atoms. The predicted molar refractivity (Wildman–Crippen MR) is 85.7 cm³/mol. The minimum absolute atomic E-state index is 0.0681. The van der Waals surface area contributed by atoms with Gasteiger partial charge in [-0.3, -0.25) is 9.59 Å². The number of sulfone groups is 1. The van der Waals surface area contributed by atoms with Gasteiger partial charge in [-0.1, -0.05) is 30.3 Å². The van der Waals surface area contributed by atoms with E-state index in [9.17, 15) is 18.0 Å². The Hall–Kier alpha value is -2.02. The third kappa shape index (κ3) is 3.19. The van der Waals surface area contributed by atoms with E-state index in [1.54, 1.807) is 6.92 Å². The van der Waals surface area contributed by atoms with Gasteiger partial charge in [0.2, 0.25) is 0 Å². The van der Waals surface area contributed by atoms with E-state index < -0.39 is 27.7 Å². The van der Waals surface area contributed by atoms with Gasteiger partial charge < -0.3 is 0 Å². The van der Waals surface area contributed by atoms with Crippen molar-refractivity contribution >= 4 is 27.2 Å². The van der Waals surface area contributed by atoms with Crippen LogP contribution in [0.4, 0.5) is 0 Å². The highest BCUT2D eigenvalue weighted by molar-refractivity contribution is 7.91. The van der Waals surface area contributed by atoms with Crippen LogP contribution in [0, 0.1) is 5.92 Å².